The highest BCUT2D eigenvalue weighted by Gasteiger charge is 2.16. The third kappa shape index (κ3) is 7.26. The SMILES string of the molecule is CCNC(=NCc1ccc(N2CCN(CC)CC2)nc1)NC(C)CC.I. The third-order valence-electron chi connectivity index (χ3n) is 4.71. The molecule has 1 aromatic rings. The predicted octanol–water partition coefficient (Wildman–Crippen LogP) is 2.70. The third-order valence-corrected chi connectivity index (χ3v) is 4.71. The summed E-state index contributed by atoms with van der Waals surface area (Å²) in [6, 6.07) is 4.69. The Hall–Kier alpha value is -1.09. The molecule has 0 amide bonds. The first-order valence-electron chi connectivity index (χ1n) is 9.63. The van der Waals surface area contributed by atoms with Crippen molar-refractivity contribution in [3.8, 4) is 0 Å². The molecule has 1 saturated heterocycles. The molecule has 0 radical (unpaired) electrons. The lowest BCUT2D eigenvalue weighted by Gasteiger charge is -2.34. The van der Waals surface area contributed by atoms with Gasteiger partial charge in [-0.1, -0.05) is 19.9 Å². The Labute approximate surface area is 175 Å². The van der Waals surface area contributed by atoms with Gasteiger partial charge in [-0.25, -0.2) is 9.98 Å². The van der Waals surface area contributed by atoms with E-state index in [9.17, 15) is 0 Å². The minimum atomic E-state index is 0. The van der Waals surface area contributed by atoms with Crippen molar-refractivity contribution < 1.29 is 0 Å². The van der Waals surface area contributed by atoms with Crippen LogP contribution in [0.1, 0.15) is 39.7 Å². The average Bonchev–Trinajstić information content (AvgIpc) is 2.66. The minimum absolute atomic E-state index is 0. The van der Waals surface area contributed by atoms with Gasteiger partial charge in [0.15, 0.2) is 5.96 Å². The van der Waals surface area contributed by atoms with Crippen LogP contribution in [0.15, 0.2) is 23.3 Å². The fraction of sp³-hybridized carbons (Fsp3) is 0.684. The van der Waals surface area contributed by atoms with Crippen molar-refractivity contribution in [1.82, 2.24) is 20.5 Å². The standard InChI is InChI=1S/C19H34N6.HI/c1-5-16(4)23-19(20-6-2)22-15-17-8-9-18(21-14-17)25-12-10-24(7-3)11-13-25;/h8-9,14,16H,5-7,10-13,15H2,1-4H3,(H2,20,22,23);1H. The summed E-state index contributed by atoms with van der Waals surface area (Å²) in [6.45, 7) is 15.6. The van der Waals surface area contributed by atoms with E-state index in [0.29, 0.717) is 12.6 Å². The molecule has 0 saturated carbocycles. The summed E-state index contributed by atoms with van der Waals surface area (Å²) in [5, 5.41) is 6.71. The van der Waals surface area contributed by atoms with Crippen LogP contribution in [0.5, 0.6) is 0 Å². The van der Waals surface area contributed by atoms with E-state index in [0.717, 1.165) is 63.0 Å². The van der Waals surface area contributed by atoms with Crippen molar-refractivity contribution in [2.24, 2.45) is 4.99 Å². The molecule has 1 aromatic heterocycles. The molecular weight excluding hydrogens is 439 g/mol. The summed E-state index contributed by atoms with van der Waals surface area (Å²) in [7, 11) is 0. The second kappa shape index (κ2) is 12.3. The molecule has 2 rings (SSSR count). The monoisotopic (exact) mass is 474 g/mol. The maximum Gasteiger partial charge on any atom is 0.191 e. The van der Waals surface area contributed by atoms with E-state index < -0.39 is 0 Å². The summed E-state index contributed by atoms with van der Waals surface area (Å²) in [6.07, 6.45) is 3.03. The molecule has 26 heavy (non-hydrogen) atoms. The Bertz CT molecular complexity index is 525. The molecule has 0 spiro atoms. The molecule has 148 valence electrons. The van der Waals surface area contributed by atoms with E-state index in [1.54, 1.807) is 0 Å². The fourth-order valence-corrected chi connectivity index (χ4v) is 2.82. The summed E-state index contributed by atoms with van der Waals surface area (Å²) in [5.74, 6) is 1.95. The fourth-order valence-electron chi connectivity index (χ4n) is 2.82. The van der Waals surface area contributed by atoms with Gasteiger partial charge in [0.25, 0.3) is 0 Å². The van der Waals surface area contributed by atoms with Gasteiger partial charge < -0.3 is 20.4 Å². The quantitative estimate of drug-likeness (QED) is 0.362. The maximum atomic E-state index is 4.67. The molecular formula is C19H35IN6. The highest BCUT2D eigenvalue weighted by molar-refractivity contribution is 14.0. The molecule has 1 unspecified atom stereocenters. The van der Waals surface area contributed by atoms with Crippen LogP contribution in [-0.2, 0) is 6.54 Å². The molecule has 1 fully saturated rings. The molecule has 0 aromatic carbocycles. The predicted molar refractivity (Wildman–Crippen MR) is 122 cm³/mol. The second-order valence-electron chi connectivity index (χ2n) is 6.59. The number of hydrogen-bond donors (Lipinski definition) is 2. The van der Waals surface area contributed by atoms with Gasteiger partial charge in [0, 0.05) is 45.0 Å². The number of guanidine groups is 1. The summed E-state index contributed by atoms with van der Waals surface area (Å²) in [4.78, 5) is 14.2. The highest BCUT2D eigenvalue weighted by Crippen LogP contribution is 2.14. The molecule has 1 atom stereocenters. The van der Waals surface area contributed by atoms with Crippen LogP contribution >= 0.6 is 24.0 Å². The number of nitrogens with zero attached hydrogens (tertiary/aromatic N) is 4. The molecule has 0 aliphatic carbocycles. The van der Waals surface area contributed by atoms with Crippen molar-refractivity contribution in [3.05, 3.63) is 23.9 Å². The Balaban J connectivity index is 0.00000338. The molecule has 2 heterocycles. The molecule has 2 N–H and O–H groups in total. The van der Waals surface area contributed by atoms with E-state index in [-0.39, 0.29) is 24.0 Å². The number of halogens is 1. The number of rotatable bonds is 7. The van der Waals surface area contributed by atoms with Gasteiger partial charge in [-0.2, -0.15) is 0 Å². The number of likely N-dealkylation sites (N-methyl/N-ethyl adjacent to an activating group) is 1. The van der Waals surface area contributed by atoms with Crippen molar-refractivity contribution in [1.29, 1.82) is 0 Å². The van der Waals surface area contributed by atoms with E-state index in [4.69, 9.17) is 0 Å². The van der Waals surface area contributed by atoms with E-state index in [1.807, 2.05) is 6.20 Å². The highest BCUT2D eigenvalue weighted by atomic mass is 127. The molecule has 6 nitrogen and oxygen atoms in total. The van der Waals surface area contributed by atoms with E-state index in [1.165, 1.54) is 0 Å². The van der Waals surface area contributed by atoms with Crippen LogP contribution in [0, 0.1) is 0 Å². The van der Waals surface area contributed by atoms with Gasteiger partial charge in [0.05, 0.1) is 6.54 Å². The van der Waals surface area contributed by atoms with Crippen LogP contribution in [-0.4, -0.2) is 61.2 Å². The number of piperazine rings is 1. The first-order valence-corrected chi connectivity index (χ1v) is 9.63. The number of aromatic nitrogens is 1. The zero-order chi connectivity index (χ0) is 18.1. The second-order valence-corrected chi connectivity index (χ2v) is 6.59. The zero-order valence-corrected chi connectivity index (χ0v) is 19.0. The van der Waals surface area contributed by atoms with Gasteiger partial charge in [-0.15, -0.1) is 24.0 Å². The summed E-state index contributed by atoms with van der Waals surface area (Å²) in [5.41, 5.74) is 1.14. The number of aliphatic imine (C=N–C) groups is 1. The Kier molecular flexibility index (Phi) is 10.9. The lowest BCUT2D eigenvalue weighted by molar-refractivity contribution is 0.270. The van der Waals surface area contributed by atoms with Gasteiger partial charge >= 0.3 is 0 Å². The van der Waals surface area contributed by atoms with Gasteiger partial charge in [0.1, 0.15) is 5.82 Å². The number of nitrogens with one attached hydrogen (secondary N) is 2. The van der Waals surface area contributed by atoms with Crippen LogP contribution < -0.4 is 15.5 Å². The number of hydrogen-bond acceptors (Lipinski definition) is 4. The number of anilines is 1. The van der Waals surface area contributed by atoms with E-state index in [2.05, 4.69) is 70.2 Å². The molecule has 0 bridgehead atoms. The average molecular weight is 474 g/mol. The van der Waals surface area contributed by atoms with Crippen LogP contribution in [0.3, 0.4) is 0 Å². The molecule has 1 aliphatic rings. The van der Waals surface area contributed by atoms with Crippen molar-refractivity contribution in [3.63, 3.8) is 0 Å². The van der Waals surface area contributed by atoms with Crippen LogP contribution in [0.25, 0.3) is 0 Å². The molecule has 1 aliphatic heterocycles. The normalized spacial score (nSPS) is 16.8. The first kappa shape index (κ1) is 23.0. The molecule has 7 heteroatoms. The van der Waals surface area contributed by atoms with Crippen molar-refractivity contribution >= 4 is 35.8 Å². The first-order chi connectivity index (χ1) is 12.2. The van der Waals surface area contributed by atoms with Gasteiger partial charge in [0.2, 0.25) is 0 Å². The van der Waals surface area contributed by atoms with Gasteiger partial charge in [-0.05, 0) is 38.4 Å². The smallest absolute Gasteiger partial charge is 0.191 e. The Morgan fingerprint density at radius 2 is 1.92 bits per heavy atom. The lowest BCUT2D eigenvalue weighted by atomic mass is 10.2. The van der Waals surface area contributed by atoms with Crippen LogP contribution in [0.4, 0.5) is 5.82 Å². The van der Waals surface area contributed by atoms with E-state index >= 15 is 0 Å². The maximum absolute atomic E-state index is 4.67. The Morgan fingerprint density at radius 1 is 1.19 bits per heavy atom. The summed E-state index contributed by atoms with van der Waals surface area (Å²) < 4.78 is 0. The lowest BCUT2D eigenvalue weighted by Crippen LogP contribution is -2.46. The summed E-state index contributed by atoms with van der Waals surface area (Å²) >= 11 is 0. The number of pyridine rings is 1. The van der Waals surface area contributed by atoms with Crippen molar-refractivity contribution in [2.75, 3.05) is 44.2 Å². The van der Waals surface area contributed by atoms with Crippen LogP contribution in [0.2, 0.25) is 0 Å². The Morgan fingerprint density at radius 3 is 2.46 bits per heavy atom. The van der Waals surface area contributed by atoms with Crippen molar-refractivity contribution in [2.45, 2.75) is 46.7 Å². The topological polar surface area (TPSA) is 55.8 Å². The zero-order valence-electron chi connectivity index (χ0n) is 16.7. The largest absolute Gasteiger partial charge is 0.357 e. The minimum Gasteiger partial charge on any atom is -0.357 e. The van der Waals surface area contributed by atoms with Gasteiger partial charge in [-0.3, -0.25) is 0 Å².